The molecular formula is C24H34N4O3. The van der Waals surface area contributed by atoms with Crippen LogP contribution in [0.15, 0.2) is 24.3 Å². The molecule has 2 aliphatic heterocycles. The van der Waals surface area contributed by atoms with Gasteiger partial charge in [0.25, 0.3) is 0 Å². The van der Waals surface area contributed by atoms with E-state index in [0.717, 1.165) is 94.0 Å². The van der Waals surface area contributed by atoms with Crippen LogP contribution in [0.5, 0.6) is 11.5 Å². The summed E-state index contributed by atoms with van der Waals surface area (Å²) < 4.78 is 16.3. The fourth-order valence-electron chi connectivity index (χ4n) is 4.39. The Hall–Kier alpha value is -2.38. The molecule has 2 aliphatic rings. The Morgan fingerprint density at radius 2 is 1.61 bits per heavy atom. The summed E-state index contributed by atoms with van der Waals surface area (Å²) in [5.74, 6) is 4.18. The highest BCUT2D eigenvalue weighted by Gasteiger charge is 2.25. The Labute approximate surface area is 185 Å². The molecule has 2 fully saturated rings. The summed E-state index contributed by atoms with van der Waals surface area (Å²) in [6, 6.07) is 8.26. The van der Waals surface area contributed by atoms with Gasteiger partial charge in [-0.3, -0.25) is 4.90 Å². The molecule has 3 heterocycles. The molecule has 168 valence electrons. The maximum atomic E-state index is 5.51. The zero-order valence-corrected chi connectivity index (χ0v) is 19.0. The lowest BCUT2D eigenvalue weighted by Crippen LogP contribution is -2.37. The van der Waals surface area contributed by atoms with Crippen LogP contribution in [0, 0.1) is 0 Å². The van der Waals surface area contributed by atoms with Gasteiger partial charge in [0.2, 0.25) is 0 Å². The van der Waals surface area contributed by atoms with Crippen molar-refractivity contribution in [2.24, 2.45) is 0 Å². The van der Waals surface area contributed by atoms with Crippen molar-refractivity contribution in [1.82, 2.24) is 14.9 Å². The van der Waals surface area contributed by atoms with Gasteiger partial charge in [0.15, 0.2) is 0 Å². The van der Waals surface area contributed by atoms with Crippen molar-refractivity contribution in [1.29, 1.82) is 0 Å². The average molecular weight is 427 g/mol. The molecule has 0 N–H and O–H groups in total. The maximum absolute atomic E-state index is 5.51. The third kappa shape index (κ3) is 5.46. The Balaban J connectivity index is 1.41. The van der Waals surface area contributed by atoms with Crippen molar-refractivity contribution in [3.63, 3.8) is 0 Å². The largest absolute Gasteiger partial charge is 0.497 e. The maximum Gasteiger partial charge on any atom is 0.134 e. The molecule has 2 aromatic rings. The number of piperidine rings is 1. The van der Waals surface area contributed by atoms with Crippen LogP contribution >= 0.6 is 0 Å². The van der Waals surface area contributed by atoms with Gasteiger partial charge in [-0.2, -0.15) is 0 Å². The molecule has 0 aliphatic carbocycles. The molecule has 0 atom stereocenters. The van der Waals surface area contributed by atoms with Gasteiger partial charge >= 0.3 is 0 Å². The molecule has 0 bridgehead atoms. The Bertz CT molecular complexity index is 840. The summed E-state index contributed by atoms with van der Waals surface area (Å²) in [5, 5.41) is 0. The number of anilines is 1. The van der Waals surface area contributed by atoms with Crippen molar-refractivity contribution >= 4 is 5.82 Å². The van der Waals surface area contributed by atoms with Crippen LogP contribution < -0.4 is 14.4 Å². The normalized spacial score (nSPS) is 18.2. The van der Waals surface area contributed by atoms with Crippen LogP contribution in [-0.4, -0.2) is 68.5 Å². The predicted octanol–water partition coefficient (Wildman–Crippen LogP) is 3.27. The first-order valence-corrected chi connectivity index (χ1v) is 11.3. The van der Waals surface area contributed by atoms with E-state index in [9.17, 15) is 0 Å². The first kappa shape index (κ1) is 21.8. The van der Waals surface area contributed by atoms with E-state index in [2.05, 4.69) is 34.9 Å². The fraction of sp³-hybridized carbons (Fsp3) is 0.583. The smallest absolute Gasteiger partial charge is 0.134 e. The third-order valence-corrected chi connectivity index (χ3v) is 6.25. The predicted molar refractivity (Wildman–Crippen MR) is 121 cm³/mol. The van der Waals surface area contributed by atoms with E-state index in [4.69, 9.17) is 24.2 Å². The van der Waals surface area contributed by atoms with Gasteiger partial charge in [-0.15, -0.1) is 0 Å². The highest BCUT2D eigenvalue weighted by molar-refractivity contribution is 5.41. The molecule has 7 heteroatoms. The fourth-order valence-corrected chi connectivity index (χ4v) is 4.39. The first-order chi connectivity index (χ1) is 15.2. The lowest BCUT2D eigenvalue weighted by molar-refractivity contribution is 0.122. The minimum atomic E-state index is 0.419. The van der Waals surface area contributed by atoms with Crippen molar-refractivity contribution < 1.29 is 14.2 Å². The molecule has 2 saturated heterocycles. The number of rotatable bonds is 7. The zero-order valence-electron chi connectivity index (χ0n) is 19.0. The lowest BCUT2D eigenvalue weighted by Gasteiger charge is -2.32. The summed E-state index contributed by atoms with van der Waals surface area (Å²) in [5.41, 5.74) is 2.35. The summed E-state index contributed by atoms with van der Waals surface area (Å²) in [6.45, 7) is 8.50. The SMILES string of the molecule is CCc1cc(N2CCOCC2)nc(C2CCN(Cc3cc(OC)cc(OC)c3)CC2)n1. The number of ether oxygens (including phenoxy) is 3. The number of aryl methyl sites for hydroxylation is 1. The molecule has 0 amide bonds. The molecule has 7 nitrogen and oxygen atoms in total. The summed E-state index contributed by atoms with van der Waals surface area (Å²) in [6.07, 6.45) is 3.09. The second kappa shape index (κ2) is 10.3. The molecular weight excluding hydrogens is 392 g/mol. The van der Waals surface area contributed by atoms with Gasteiger partial charge in [-0.1, -0.05) is 6.92 Å². The topological polar surface area (TPSA) is 60.0 Å². The van der Waals surface area contributed by atoms with E-state index >= 15 is 0 Å². The highest BCUT2D eigenvalue weighted by Crippen LogP contribution is 2.30. The number of nitrogens with zero attached hydrogens (tertiary/aromatic N) is 4. The van der Waals surface area contributed by atoms with Crippen LogP contribution in [0.2, 0.25) is 0 Å². The Morgan fingerprint density at radius 1 is 0.935 bits per heavy atom. The highest BCUT2D eigenvalue weighted by atomic mass is 16.5. The third-order valence-electron chi connectivity index (χ3n) is 6.25. The van der Waals surface area contributed by atoms with Gasteiger partial charge in [-0.05, 0) is 50.0 Å². The number of methoxy groups -OCH3 is 2. The monoisotopic (exact) mass is 426 g/mol. The standard InChI is InChI=1S/C24H34N4O3/c1-4-20-15-23(28-9-11-31-12-10-28)26-24(25-20)19-5-7-27(8-6-19)17-18-13-21(29-2)16-22(14-18)30-3/h13-16,19H,4-12,17H2,1-3H3. The quantitative estimate of drug-likeness (QED) is 0.673. The summed E-state index contributed by atoms with van der Waals surface area (Å²) in [4.78, 5) is 14.7. The number of likely N-dealkylation sites (tertiary alicyclic amines) is 1. The van der Waals surface area contributed by atoms with E-state index in [1.165, 1.54) is 5.56 Å². The van der Waals surface area contributed by atoms with Gasteiger partial charge < -0.3 is 19.1 Å². The lowest BCUT2D eigenvalue weighted by atomic mass is 9.95. The van der Waals surface area contributed by atoms with Crippen LogP contribution in [0.3, 0.4) is 0 Å². The number of morpholine rings is 1. The molecule has 0 saturated carbocycles. The van der Waals surface area contributed by atoms with Crippen molar-refractivity contribution in [3.05, 3.63) is 41.3 Å². The summed E-state index contributed by atoms with van der Waals surface area (Å²) in [7, 11) is 3.39. The summed E-state index contributed by atoms with van der Waals surface area (Å²) >= 11 is 0. The first-order valence-electron chi connectivity index (χ1n) is 11.3. The van der Waals surface area contributed by atoms with Crippen molar-refractivity contribution in [3.8, 4) is 11.5 Å². The number of aromatic nitrogens is 2. The molecule has 0 radical (unpaired) electrons. The number of hydrogen-bond donors (Lipinski definition) is 0. The molecule has 0 spiro atoms. The molecule has 0 unspecified atom stereocenters. The van der Waals surface area contributed by atoms with Gasteiger partial charge in [0, 0.05) is 43.4 Å². The van der Waals surface area contributed by atoms with Gasteiger partial charge in [-0.25, -0.2) is 9.97 Å². The van der Waals surface area contributed by atoms with Gasteiger partial charge in [0.05, 0.1) is 27.4 Å². The van der Waals surface area contributed by atoms with Crippen LogP contribution in [0.4, 0.5) is 5.82 Å². The van der Waals surface area contributed by atoms with Gasteiger partial charge in [0.1, 0.15) is 23.1 Å². The zero-order chi connectivity index (χ0) is 21.6. The minimum Gasteiger partial charge on any atom is -0.497 e. The van der Waals surface area contributed by atoms with Crippen molar-refractivity contribution in [2.75, 3.05) is 58.5 Å². The number of benzene rings is 1. The number of hydrogen-bond acceptors (Lipinski definition) is 7. The Morgan fingerprint density at radius 3 is 2.23 bits per heavy atom. The molecule has 4 rings (SSSR count). The van der Waals surface area contributed by atoms with Crippen LogP contribution in [-0.2, 0) is 17.7 Å². The second-order valence-corrected chi connectivity index (χ2v) is 8.30. The van der Waals surface area contributed by atoms with Crippen LogP contribution in [0.25, 0.3) is 0 Å². The van der Waals surface area contributed by atoms with E-state index in [0.29, 0.717) is 5.92 Å². The average Bonchev–Trinajstić information content (AvgIpc) is 2.84. The van der Waals surface area contributed by atoms with E-state index in [1.807, 2.05) is 6.07 Å². The van der Waals surface area contributed by atoms with Crippen LogP contribution in [0.1, 0.15) is 42.8 Å². The van der Waals surface area contributed by atoms with E-state index in [-0.39, 0.29) is 0 Å². The second-order valence-electron chi connectivity index (χ2n) is 8.30. The Kier molecular flexibility index (Phi) is 7.25. The van der Waals surface area contributed by atoms with E-state index < -0.39 is 0 Å². The van der Waals surface area contributed by atoms with E-state index in [1.54, 1.807) is 14.2 Å². The van der Waals surface area contributed by atoms with Crippen molar-refractivity contribution in [2.45, 2.75) is 38.6 Å². The molecule has 31 heavy (non-hydrogen) atoms. The molecule has 1 aromatic carbocycles. The minimum absolute atomic E-state index is 0.419. The molecule has 1 aromatic heterocycles.